The molecule has 2 rings (SSSR count). The normalized spacial score (nSPS) is 16.8. The summed E-state index contributed by atoms with van der Waals surface area (Å²) in [4.78, 5) is 0. The fourth-order valence-electron chi connectivity index (χ4n) is 2.53. The van der Waals surface area contributed by atoms with Crippen molar-refractivity contribution in [2.75, 3.05) is 12.8 Å². The molecule has 4 unspecified atom stereocenters. The minimum atomic E-state index is -2.82. The first-order valence-electron chi connectivity index (χ1n) is 7.72. The first-order valence-corrected chi connectivity index (χ1v) is 11.9. The van der Waals surface area contributed by atoms with E-state index in [0.717, 1.165) is 10.6 Å². The number of hydrogen-bond acceptors (Lipinski definition) is 0. The second kappa shape index (κ2) is 9.12. The van der Waals surface area contributed by atoms with Crippen molar-refractivity contribution < 1.29 is 22.0 Å². The van der Waals surface area contributed by atoms with E-state index in [1.165, 1.54) is 0 Å². The van der Waals surface area contributed by atoms with E-state index in [9.17, 15) is 22.0 Å². The molecule has 0 fully saturated rings. The molecule has 7 heteroatoms. The van der Waals surface area contributed by atoms with Crippen LogP contribution in [0.25, 0.3) is 0 Å². The number of alkyl halides is 5. The van der Waals surface area contributed by atoms with Crippen LogP contribution in [0.3, 0.4) is 0 Å². The molecule has 0 spiro atoms. The molecule has 0 aliphatic carbocycles. The molecule has 0 heterocycles. The summed E-state index contributed by atoms with van der Waals surface area (Å²) in [5, 5.41) is 1.57. The molecule has 0 nitrogen and oxygen atoms in total. The van der Waals surface area contributed by atoms with Crippen LogP contribution < -0.4 is 10.6 Å². The average Bonchev–Trinajstić information content (AvgIpc) is 2.67. The van der Waals surface area contributed by atoms with Gasteiger partial charge in [0.1, 0.15) is 0 Å². The van der Waals surface area contributed by atoms with Crippen LogP contribution in [0.15, 0.2) is 60.7 Å². The van der Waals surface area contributed by atoms with E-state index >= 15 is 0 Å². The monoisotopic (exact) mass is 440 g/mol. The third kappa shape index (κ3) is 4.81. The second-order valence-corrected chi connectivity index (χ2v) is 12.5. The van der Waals surface area contributed by atoms with Crippen molar-refractivity contribution in [3.8, 4) is 0 Å². The van der Waals surface area contributed by atoms with Gasteiger partial charge in [0.2, 0.25) is 0 Å². The van der Waals surface area contributed by atoms with Crippen LogP contribution >= 0.6 is 5.51 Å². The van der Waals surface area contributed by atoms with Crippen LogP contribution in [0.4, 0.5) is 22.0 Å². The summed E-state index contributed by atoms with van der Waals surface area (Å²) in [6, 6.07) is 17.9. The maximum atomic E-state index is 14.5. The Balaban J connectivity index is 2.33. The topological polar surface area (TPSA) is 0 Å². The molecule has 0 aliphatic rings. The number of rotatable bonds is 8. The summed E-state index contributed by atoms with van der Waals surface area (Å²) >= 11 is 3.01. The molecular weight excluding hydrogens is 421 g/mol. The molecule has 25 heavy (non-hydrogen) atoms. The fraction of sp³-hybridized carbons (Fsp3) is 0.333. The van der Waals surface area contributed by atoms with E-state index in [1.54, 1.807) is 60.7 Å². The van der Waals surface area contributed by atoms with Gasteiger partial charge in [0, 0.05) is 0 Å². The van der Waals surface area contributed by atoms with E-state index in [0.29, 0.717) is 0 Å². The van der Waals surface area contributed by atoms with E-state index in [2.05, 4.69) is 15.1 Å². The summed E-state index contributed by atoms with van der Waals surface area (Å²) in [7, 11) is 0. The summed E-state index contributed by atoms with van der Waals surface area (Å²) in [6.07, 6.45) is -10.8. The van der Waals surface area contributed by atoms with Gasteiger partial charge in [-0.1, -0.05) is 0 Å². The van der Waals surface area contributed by atoms with Crippen molar-refractivity contribution in [3.05, 3.63) is 60.7 Å². The van der Waals surface area contributed by atoms with E-state index in [-0.39, 0.29) is 6.16 Å². The number of hydrogen-bond donors (Lipinski definition) is 0. The molecule has 136 valence electrons. The maximum absolute atomic E-state index is 14.5. The van der Waals surface area contributed by atoms with Gasteiger partial charge in [0.15, 0.2) is 0 Å². The zero-order chi connectivity index (χ0) is 18.4. The SMILES string of the molecule is FCC(F)C(F)C(F)C(F)CP(=[Se])(c1ccccc1)c1ccccc1. The van der Waals surface area contributed by atoms with Crippen LogP contribution in [0.2, 0.25) is 0 Å². The van der Waals surface area contributed by atoms with Crippen molar-refractivity contribution in [3.63, 3.8) is 0 Å². The Bertz CT molecular complexity index is 654. The third-order valence-corrected chi connectivity index (χ3v) is 10.6. The summed E-state index contributed by atoms with van der Waals surface area (Å²) in [5.74, 6) is 0. The molecule has 2 aromatic rings. The van der Waals surface area contributed by atoms with Gasteiger partial charge in [0.25, 0.3) is 0 Å². The van der Waals surface area contributed by atoms with Crippen molar-refractivity contribution in [1.29, 1.82) is 0 Å². The number of halogens is 5. The van der Waals surface area contributed by atoms with Crippen LogP contribution in [-0.2, 0) is 0 Å². The Morgan fingerprint density at radius 3 is 1.52 bits per heavy atom. The molecule has 2 aromatic carbocycles. The van der Waals surface area contributed by atoms with Gasteiger partial charge in [-0.2, -0.15) is 0 Å². The quantitative estimate of drug-likeness (QED) is 0.331. The van der Waals surface area contributed by atoms with Gasteiger partial charge in [-0.25, -0.2) is 0 Å². The molecule has 0 saturated heterocycles. The molecular formula is C18H18F5PSe. The summed E-state index contributed by atoms with van der Waals surface area (Å²) in [5.41, 5.74) is -2.49. The molecule has 0 aromatic heterocycles. The summed E-state index contributed by atoms with van der Waals surface area (Å²) < 4.78 is 67.4. The number of benzene rings is 2. The zero-order valence-corrected chi connectivity index (χ0v) is 15.8. The predicted octanol–water partition coefficient (Wildman–Crippen LogP) is 4.06. The molecule has 4 atom stereocenters. The Labute approximate surface area is 151 Å². The molecule has 0 amide bonds. The first kappa shape index (κ1) is 20.4. The van der Waals surface area contributed by atoms with Crippen LogP contribution in [0, 0.1) is 0 Å². The predicted molar refractivity (Wildman–Crippen MR) is 95.3 cm³/mol. The van der Waals surface area contributed by atoms with Gasteiger partial charge >= 0.3 is 151 Å². The van der Waals surface area contributed by atoms with Crippen LogP contribution in [0.1, 0.15) is 0 Å². The van der Waals surface area contributed by atoms with Crippen molar-refractivity contribution in [2.24, 2.45) is 0 Å². The second-order valence-electron chi connectivity index (χ2n) is 5.67. The van der Waals surface area contributed by atoms with Gasteiger partial charge in [-0.05, 0) is 0 Å². The molecule has 0 N–H and O–H groups in total. The molecule has 0 saturated carbocycles. The van der Waals surface area contributed by atoms with Crippen molar-refractivity contribution in [1.82, 2.24) is 0 Å². The Morgan fingerprint density at radius 2 is 1.12 bits per heavy atom. The first-order chi connectivity index (χ1) is 11.9. The van der Waals surface area contributed by atoms with Gasteiger partial charge in [0.05, 0.1) is 0 Å². The van der Waals surface area contributed by atoms with Crippen LogP contribution in [-0.4, -0.2) is 52.6 Å². The van der Waals surface area contributed by atoms with E-state index < -0.39 is 36.9 Å². The Morgan fingerprint density at radius 1 is 0.720 bits per heavy atom. The standard InChI is InChI=1S/C18H18F5PSe/c19-11-15(20)17(22)18(23)16(21)12-24(25,13-7-3-1-4-8-13)14-9-5-2-6-10-14/h1-10,15-18H,11-12H2. The molecule has 0 aliphatic heterocycles. The average molecular weight is 439 g/mol. The third-order valence-electron chi connectivity index (χ3n) is 3.92. The van der Waals surface area contributed by atoms with Crippen molar-refractivity contribution in [2.45, 2.75) is 24.7 Å². The minimum absolute atomic E-state index is 0.332. The van der Waals surface area contributed by atoms with E-state index in [4.69, 9.17) is 0 Å². The zero-order valence-electron chi connectivity index (χ0n) is 13.2. The Kier molecular flexibility index (Phi) is 7.42. The molecule has 0 bridgehead atoms. The van der Waals surface area contributed by atoms with Gasteiger partial charge in [-0.15, -0.1) is 0 Å². The Hall–Kier alpha value is -0.961. The van der Waals surface area contributed by atoms with E-state index in [1.807, 2.05) is 0 Å². The fourth-order valence-corrected chi connectivity index (χ4v) is 7.68. The van der Waals surface area contributed by atoms with Crippen LogP contribution in [0.5, 0.6) is 0 Å². The van der Waals surface area contributed by atoms with Crippen molar-refractivity contribution >= 4 is 31.2 Å². The summed E-state index contributed by atoms with van der Waals surface area (Å²) in [6.45, 7) is -1.68. The van der Waals surface area contributed by atoms with Gasteiger partial charge in [-0.3, -0.25) is 0 Å². The van der Waals surface area contributed by atoms with Gasteiger partial charge < -0.3 is 0 Å². The molecule has 0 radical (unpaired) electrons.